The van der Waals surface area contributed by atoms with Crippen molar-refractivity contribution in [3.63, 3.8) is 0 Å². The minimum Gasteiger partial charge on any atom is -0.462 e. The lowest BCUT2D eigenvalue weighted by Crippen LogP contribution is -2.25. The Morgan fingerprint density at radius 3 is 2.33 bits per heavy atom. The molecule has 0 atom stereocenters. The number of anilines is 1. The SMILES string of the molecule is CCCCOC(=O)c1ccc(N2C(=O)/C(=C/c3ccccc3)C=C2c2ccc(Cl)cc2)cc1. The number of esters is 1. The lowest BCUT2D eigenvalue weighted by atomic mass is 10.1. The van der Waals surface area contributed by atoms with Gasteiger partial charge in [-0.2, -0.15) is 0 Å². The molecule has 1 amide bonds. The Morgan fingerprint density at radius 1 is 0.970 bits per heavy atom. The van der Waals surface area contributed by atoms with Crippen LogP contribution in [-0.4, -0.2) is 18.5 Å². The highest BCUT2D eigenvalue weighted by atomic mass is 35.5. The zero-order valence-corrected chi connectivity index (χ0v) is 19.1. The summed E-state index contributed by atoms with van der Waals surface area (Å²) in [7, 11) is 0. The lowest BCUT2D eigenvalue weighted by molar-refractivity contribution is -0.113. The molecule has 0 spiro atoms. The first kappa shape index (κ1) is 22.6. The summed E-state index contributed by atoms with van der Waals surface area (Å²) in [5, 5.41) is 0.626. The smallest absolute Gasteiger partial charge is 0.338 e. The van der Waals surface area contributed by atoms with Gasteiger partial charge < -0.3 is 4.74 Å². The summed E-state index contributed by atoms with van der Waals surface area (Å²) < 4.78 is 5.29. The van der Waals surface area contributed by atoms with Gasteiger partial charge in [-0.05, 0) is 66.1 Å². The first-order chi connectivity index (χ1) is 16.1. The van der Waals surface area contributed by atoms with Crippen LogP contribution in [0.5, 0.6) is 0 Å². The number of carbonyl (C=O) groups is 2. The molecule has 0 radical (unpaired) electrons. The first-order valence-electron chi connectivity index (χ1n) is 10.9. The van der Waals surface area contributed by atoms with Crippen molar-refractivity contribution in [2.45, 2.75) is 19.8 Å². The number of benzene rings is 3. The van der Waals surface area contributed by atoms with E-state index in [-0.39, 0.29) is 11.9 Å². The number of hydrogen-bond donors (Lipinski definition) is 0. The number of hydrogen-bond acceptors (Lipinski definition) is 3. The third-order valence-electron chi connectivity index (χ3n) is 5.34. The van der Waals surface area contributed by atoms with Gasteiger partial charge in [0.1, 0.15) is 0 Å². The van der Waals surface area contributed by atoms with Crippen molar-refractivity contribution in [1.29, 1.82) is 0 Å². The van der Waals surface area contributed by atoms with Crippen LogP contribution in [0, 0.1) is 0 Å². The average Bonchev–Trinajstić information content (AvgIpc) is 3.16. The second-order valence-corrected chi connectivity index (χ2v) is 8.16. The van der Waals surface area contributed by atoms with Crippen LogP contribution in [-0.2, 0) is 9.53 Å². The minimum absolute atomic E-state index is 0.137. The molecule has 0 aliphatic carbocycles. The minimum atomic E-state index is -0.360. The monoisotopic (exact) mass is 457 g/mol. The first-order valence-corrected chi connectivity index (χ1v) is 11.3. The lowest BCUT2D eigenvalue weighted by Gasteiger charge is -2.21. The Morgan fingerprint density at radius 2 is 1.67 bits per heavy atom. The maximum absolute atomic E-state index is 13.4. The number of nitrogens with zero attached hydrogens (tertiary/aromatic N) is 1. The van der Waals surface area contributed by atoms with Crippen LogP contribution in [0.4, 0.5) is 5.69 Å². The molecule has 3 aromatic carbocycles. The maximum atomic E-state index is 13.4. The topological polar surface area (TPSA) is 46.6 Å². The zero-order valence-electron chi connectivity index (χ0n) is 18.3. The third kappa shape index (κ3) is 5.24. The Labute approximate surface area is 198 Å². The molecular formula is C28H24ClNO3. The van der Waals surface area contributed by atoms with Gasteiger partial charge in [0, 0.05) is 16.3 Å². The van der Waals surface area contributed by atoms with Crippen LogP contribution >= 0.6 is 11.6 Å². The predicted molar refractivity (Wildman–Crippen MR) is 133 cm³/mol. The number of unbranched alkanes of at least 4 members (excludes halogenated alkanes) is 1. The van der Waals surface area contributed by atoms with E-state index in [1.54, 1.807) is 41.3 Å². The largest absolute Gasteiger partial charge is 0.462 e. The molecule has 0 unspecified atom stereocenters. The van der Waals surface area contributed by atoms with E-state index >= 15 is 0 Å². The van der Waals surface area contributed by atoms with Crippen LogP contribution in [0.15, 0.2) is 90.5 Å². The summed E-state index contributed by atoms with van der Waals surface area (Å²) in [6.07, 6.45) is 5.54. The number of rotatable bonds is 7. The third-order valence-corrected chi connectivity index (χ3v) is 5.59. The number of ether oxygens (including phenoxy) is 1. The van der Waals surface area contributed by atoms with Gasteiger partial charge in [-0.1, -0.05) is 67.4 Å². The number of carbonyl (C=O) groups excluding carboxylic acids is 2. The van der Waals surface area contributed by atoms with Gasteiger partial charge in [0.15, 0.2) is 0 Å². The fraction of sp³-hybridized carbons (Fsp3) is 0.143. The van der Waals surface area contributed by atoms with Gasteiger partial charge >= 0.3 is 5.97 Å². The van der Waals surface area contributed by atoms with E-state index in [2.05, 4.69) is 0 Å². The molecule has 1 heterocycles. The van der Waals surface area contributed by atoms with Crippen LogP contribution in [0.2, 0.25) is 5.02 Å². The van der Waals surface area contributed by atoms with Gasteiger partial charge in [-0.15, -0.1) is 0 Å². The van der Waals surface area contributed by atoms with Crippen molar-refractivity contribution in [3.05, 3.63) is 112 Å². The second kappa shape index (κ2) is 10.3. The standard InChI is InChI=1S/C28H24ClNO3/c1-2-3-17-33-28(32)22-11-15-25(16-12-22)30-26(21-9-13-24(29)14-10-21)19-23(27(30)31)18-20-7-5-4-6-8-20/h4-16,18-19H,2-3,17H2,1H3/b23-18+. The van der Waals surface area contributed by atoms with Crippen molar-refractivity contribution in [2.24, 2.45) is 0 Å². The van der Waals surface area contributed by atoms with Crippen molar-refractivity contribution in [3.8, 4) is 0 Å². The summed E-state index contributed by atoms with van der Waals surface area (Å²) in [6.45, 7) is 2.45. The van der Waals surface area contributed by atoms with E-state index in [1.165, 1.54) is 0 Å². The predicted octanol–water partition coefficient (Wildman–Crippen LogP) is 6.77. The second-order valence-electron chi connectivity index (χ2n) is 7.72. The molecule has 3 aromatic rings. The fourth-order valence-corrected chi connectivity index (χ4v) is 3.70. The molecule has 0 saturated heterocycles. The molecule has 1 aliphatic heterocycles. The van der Waals surface area contributed by atoms with E-state index in [1.807, 2.05) is 61.5 Å². The molecule has 0 saturated carbocycles. The highest BCUT2D eigenvalue weighted by Crippen LogP contribution is 2.35. The van der Waals surface area contributed by atoms with E-state index in [0.29, 0.717) is 28.5 Å². The van der Waals surface area contributed by atoms with E-state index < -0.39 is 0 Å². The summed E-state index contributed by atoms with van der Waals surface area (Å²) in [5.41, 5.74) is 4.26. The normalized spacial score (nSPS) is 14.5. The maximum Gasteiger partial charge on any atom is 0.338 e. The van der Waals surface area contributed by atoms with Crippen molar-refractivity contribution < 1.29 is 14.3 Å². The van der Waals surface area contributed by atoms with Gasteiger partial charge in [0.25, 0.3) is 5.91 Å². The summed E-state index contributed by atoms with van der Waals surface area (Å²) in [4.78, 5) is 27.4. The number of halogens is 1. The molecule has 33 heavy (non-hydrogen) atoms. The van der Waals surface area contributed by atoms with Crippen molar-refractivity contribution in [1.82, 2.24) is 0 Å². The Bertz CT molecular complexity index is 1200. The molecular weight excluding hydrogens is 434 g/mol. The zero-order chi connectivity index (χ0) is 23.2. The molecule has 1 aliphatic rings. The molecule has 0 N–H and O–H groups in total. The summed E-state index contributed by atoms with van der Waals surface area (Å²) in [6, 6.07) is 24.0. The van der Waals surface area contributed by atoms with E-state index in [9.17, 15) is 9.59 Å². The van der Waals surface area contributed by atoms with Gasteiger partial charge in [-0.25, -0.2) is 4.79 Å². The Balaban J connectivity index is 1.67. The molecule has 166 valence electrons. The van der Waals surface area contributed by atoms with Crippen molar-refractivity contribution in [2.75, 3.05) is 11.5 Å². The molecule has 0 fully saturated rings. The fourth-order valence-electron chi connectivity index (χ4n) is 3.57. The Kier molecular flexibility index (Phi) is 7.06. The highest BCUT2D eigenvalue weighted by Gasteiger charge is 2.30. The van der Waals surface area contributed by atoms with Crippen LogP contribution in [0.25, 0.3) is 11.8 Å². The molecule has 0 aromatic heterocycles. The molecule has 4 rings (SSSR count). The van der Waals surface area contributed by atoms with E-state index in [4.69, 9.17) is 16.3 Å². The molecule has 0 bridgehead atoms. The molecule has 5 heteroatoms. The van der Waals surface area contributed by atoms with Gasteiger partial charge in [-0.3, -0.25) is 9.69 Å². The van der Waals surface area contributed by atoms with Crippen LogP contribution < -0.4 is 4.90 Å². The van der Waals surface area contributed by atoms with Gasteiger partial charge in [0.05, 0.1) is 17.9 Å². The van der Waals surface area contributed by atoms with Gasteiger partial charge in [0.2, 0.25) is 0 Å². The van der Waals surface area contributed by atoms with Crippen LogP contribution in [0.1, 0.15) is 41.3 Å². The average molecular weight is 458 g/mol. The molecule has 4 nitrogen and oxygen atoms in total. The number of amides is 1. The van der Waals surface area contributed by atoms with Crippen LogP contribution in [0.3, 0.4) is 0 Å². The van der Waals surface area contributed by atoms with E-state index in [0.717, 1.165) is 29.7 Å². The summed E-state index contributed by atoms with van der Waals surface area (Å²) in [5.74, 6) is -0.497. The highest BCUT2D eigenvalue weighted by molar-refractivity contribution is 6.30. The quantitative estimate of drug-likeness (QED) is 0.223. The van der Waals surface area contributed by atoms with Crippen molar-refractivity contribution >= 4 is 40.9 Å². The summed E-state index contributed by atoms with van der Waals surface area (Å²) >= 11 is 6.07. The Hall–Kier alpha value is -3.63.